The molecule has 1 saturated carbocycles. The van der Waals surface area contributed by atoms with E-state index < -0.39 is 5.60 Å². The molecule has 6 heteroatoms. The average Bonchev–Trinajstić information content (AvgIpc) is 2.79. The van der Waals surface area contributed by atoms with Crippen LogP contribution in [0.1, 0.15) is 41.6 Å². The van der Waals surface area contributed by atoms with Crippen molar-refractivity contribution < 1.29 is 24.1 Å². The van der Waals surface area contributed by atoms with Crippen LogP contribution in [0.15, 0.2) is 54.6 Å². The third-order valence-electron chi connectivity index (χ3n) is 5.54. The maximum Gasteiger partial charge on any atom is 0.251 e. The lowest BCUT2D eigenvalue weighted by molar-refractivity contribution is -0.0238. The number of hydrogen-bond acceptors (Lipinski definition) is 5. The van der Waals surface area contributed by atoms with Crippen LogP contribution in [0.3, 0.4) is 0 Å². The highest BCUT2D eigenvalue weighted by atomic mass is 16.7. The highest BCUT2D eigenvalue weighted by molar-refractivity contribution is 5.94. The van der Waals surface area contributed by atoms with E-state index in [0.717, 1.165) is 12.8 Å². The highest BCUT2D eigenvalue weighted by Gasteiger charge is 2.33. The van der Waals surface area contributed by atoms with Gasteiger partial charge in [-0.1, -0.05) is 30.3 Å². The van der Waals surface area contributed by atoms with Gasteiger partial charge >= 0.3 is 0 Å². The number of carbonyl (C=O) groups is 1. The molecule has 6 nitrogen and oxygen atoms in total. The molecular weight excluding hydrogens is 382 g/mol. The summed E-state index contributed by atoms with van der Waals surface area (Å²) in [5.41, 5.74) is 0.852. The van der Waals surface area contributed by atoms with Crippen molar-refractivity contribution in [2.75, 3.05) is 27.1 Å². The predicted octanol–water partition coefficient (Wildman–Crippen LogP) is 3.54. The zero-order valence-electron chi connectivity index (χ0n) is 17.5. The van der Waals surface area contributed by atoms with E-state index in [4.69, 9.17) is 14.2 Å². The number of benzene rings is 2. The van der Waals surface area contributed by atoms with Gasteiger partial charge < -0.3 is 24.6 Å². The molecule has 2 N–H and O–H groups in total. The molecule has 1 aliphatic carbocycles. The van der Waals surface area contributed by atoms with Crippen LogP contribution < -0.4 is 10.1 Å². The van der Waals surface area contributed by atoms with Crippen molar-refractivity contribution in [2.45, 2.75) is 37.9 Å². The van der Waals surface area contributed by atoms with Crippen LogP contribution in [0.4, 0.5) is 0 Å². The first-order valence-electron chi connectivity index (χ1n) is 10.4. The smallest absolute Gasteiger partial charge is 0.251 e. The topological polar surface area (TPSA) is 77.0 Å². The van der Waals surface area contributed by atoms with Gasteiger partial charge in [-0.3, -0.25) is 4.79 Å². The fourth-order valence-electron chi connectivity index (χ4n) is 3.65. The maximum atomic E-state index is 12.4. The molecule has 30 heavy (non-hydrogen) atoms. The summed E-state index contributed by atoms with van der Waals surface area (Å²) >= 11 is 0. The van der Waals surface area contributed by atoms with Crippen LogP contribution in [-0.4, -0.2) is 43.7 Å². The van der Waals surface area contributed by atoms with Crippen molar-refractivity contribution in [3.8, 4) is 5.75 Å². The Balaban J connectivity index is 1.37. The van der Waals surface area contributed by atoms with E-state index in [1.165, 1.54) is 5.56 Å². The van der Waals surface area contributed by atoms with Crippen molar-refractivity contribution in [2.24, 2.45) is 5.92 Å². The summed E-state index contributed by atoms with van der Waals surface area (Å²) in [6.45, 7) is 1.74. The summed E-state index contributed by atoms with van der Waals surface area (Å²) in [7, 11) is 1.55. The van der Waals surface area contributed by atoms with Crippen molar-refractivity contribution in [1.82, 2.24) is 5.32 Å². The standard InChI is InChI=1S/C24H31NO5/c1-28-18-30-22-9-7-21(8-10-22)23(26)25-17-24(27)13-11-20(12-14-24)16-29-15-19-5-3-2-4-6-19/h2-10,20,27H,11-18H2,1H3,(H,25,26)/t20-,24-. The number of nitrogens with one attached hydrogen (secondary N) is 1. The summed E-state index contributed by atoms with van der Waals surface area (Å²) in [6.07, 6.45) is 3.12. The van der Waals surface area contributed by atoms with Gasteiger partial charge in [-0.25, -0.2) is 0 Å². The molecule has 162 valence electrons. The Labute approximate surface area is 178 Å². The average molecular weight is 414 g/mol. The second-order valence-electron chi connectivity index (χ2n) is 7.93. The molecule has 2 aromatic rings. The number of amides is 1. The van der Waals surface area contributed by atoms with E-state index in [9.17, 15) is 9.90 Å². The summed E-state index contributed by atoms with van der Waals surface area (Å²) in [5.74, 6) is 0.888. The lowest BCUT2D eigenvalue weighted by Gasteiger charge is -2.36. The normalized spacial score (nSPS) is 21.2. The Morgan fingerprint density at radius 3 is 2.47 bits per heavy atom. The second kappa shape index (κ2) is 11.1. The summed E-state index contributed by atoms with van der Waals surface area (Å²) in [4.78, 5) is 12.4. The first-order chi connectivity index (χ1) is 14.6. The Morgan fingerprint density at radius 1 is 1.10 bits per heavy atom. The van der Waals surface area contributed by atoms with Gasteiger partial charge in [0.1, 0.15) is 5.75 Å². The van der Waals surface area contributed by atoms with Crippen molar-refractivity contribution >= 4 is 5.91 Å². The van der Waals surface area contributed by atoms with E-state index in [-0.39, 0.29) is 19.2 Å². The third kappa shape index (κ3) is 6.83. The second-order valence-corrected chi connectivity index (χ2v) is 7.93. The fraction of sp³-hybridized carbons (Fsp3) is 0.458. The molecule has 2 aromatic carbocycles. The van der Waals surface area contributed by atoms with Gasteiger partial charge in [0.25, 0.3) is 5.91 Å². The Bertz CT molecular complexity index is 770. The minimum absolute atomic E-state index is 0.164. The molecular formula is C24H31NO5. The monoisotopic (exact) mass is 413 g/mol. The fourth-order valence-corrected chi connectivity index (χ4v) is 3.65. The number of aliphatic hydroxyl groups is 1. The van der Waals surface area contributed by atoms with Crippen molar-refractivity contribution in [3.05, 3.63) is 65.7 Å². The number of methoxy groups -OCH3 is 1. The van der Waals surface area contributed by atoms with Crippen LogP contribution in [0.5, 0.6) is 5.75 Å². The molecule has 0 spiro atoms. The Morgan fingerprint density at radius 2 is 1.80 bits per heavy atom. The zero-order chi connectivity index (χ0) is 21.2. The first kappa shape index (κ1) is 22.3. The van der Waals surface area contributed by atoms with Crippen LogP contribution in [0.2, 0.25) is 0 Å². The van der Waals surface area contributed by atoms with E-state index in [2.05, 4.69) is 17.4 Å². The first-order valence-corrected chi connectivity index (χ1v) is 10.4. The summed E-state index contributed by atoms with van der Waals surface area (Å²) in [5, 5.41) is 13.7. The van der Waals surface area contributed by atoms with Gasteiger partial charge in [0, 0.05) is 25.8 Å². The van der Waals surface area contributed by atoms with Crippen LogP contribution in [0, 0.1) is 5.92 Å². The molecule has 0 radical (unpaired) electrons. The molecule has 3 rings (SSSR count). The number of ether oxygens (including phenoxy) is 3. The molecule has 0 atom stereocenters. The number of carbonyl (C=O) groups excluding carboxylic acids is 1. The molecule has 1 amide bonds. The predicted molar refractivity (Wildman–Crippen MR) is 114 cm³/mol. The summed E-state index contributed by atoms with van der Waals surface area (Å²) in [6, 6.07) is 17.0. The minimum Gasteiger partial charge on any atom is -0.468 e. The van der Waals surface area contributed by atoms with Gasteiger partial charge in [0.2, 0.25) is 0 Å². The van der Waals surface area contributed by atoms with Crippen LogP contribution >= 0.6 is 0 Å². The van der Waals surface area contributed by atoms with E-state index in [0.29, 0.717) is 43.3 Å². The molecule has 0 aliphatic heterocycles. The van der Waals surface area contributed by atoms with Crippen LogP contribution in [-0.2, 0) is 16.1 Å². The largest absolute Gasteiger partial charge is 0.468 e. The maximum absolute atomic E-state index is 12.4. The van der Waals surface area contributed by atoms with E-state index in [1.54, 1.807) is 31.4 Å². The number of rotatable bonds is 10. The molecule has 0 aromatic heterocycles. The molecule has 0 unspecified atom stereocenters. The van der Waals surface area contributed by atoms with Gasteiger partial charge in [-0.15, -0.1) is 0 Å². The molecule has 0 saturated heterocycles. The zero-order valence-corrected chi connectivity index (χ0v) is 17.5. The lowest BCUT2D eigenvalue weighted by Crippen LogP contribution is -2.45. The van der Waals surface area contributed by atoms with Crippen molar-refractivity contribution in [1.29, 1.82) is 0 Å². The molecule has 0 bridgehead atoms. The Hall–Kier alpha value is -2.41. The Kier molecular flexibility index (Phi) is 8.25. The molecule has 1 fully saturated rings. The lowest BCUT2D eigenvalue weighted by atomic mass is 9.79. The highest BCUT2D eigenvalue weighted by Crippen LogP contribution is 2.32. The van der Waals surface area contributed by atoms with Gasteiger partial charge in [-0.05, 0) is 61.4 Å². The van der Waals surface area contributed by atoms with Crippen LogP contribution in [0.25, 0.3) is 0 Å². The molecule has 1 aliphatic rings. The minimum atomic E-state index is -0.854. The third-order valence-corrected chi connectivity index (χ3v) is 5.54. The van der Waals surface area contributed by atoms with E-state index >= 15 is 0 Å². The van der Waals surface area contributed by atoms with Gasteiger partial charge in [0.15, 0.2) is 6.79 Å². The van der Waals surface area contributed by atoms with Gasteiger partial charge in [-0.2, -0.15) is 0 Å². The quantitative estimate of drug-likeness (QED) is 0.583. The van der Waals surface area contributed by atoms with Crippen molar-refractivity contribution in [3.63, 3.8) is 0 Å². The van der Waals surface area contributed by atoms with E-state index in [1.807, 2.05) is 18.2 Å². The summed E-state index contributed by atoms with van der Waals surface area (Å²) < 4.78 is 16.0. The van der Waals surface area contributed by atoms with Gasteiger partial charge in [0.05, 0.1) is 12.2 Å². The number of hydrogen-bond donors (Lipinski definition) is 2. The molecule has 0 heterocycles. The SMILES string of the molecule is COCOc1ccc(C(=O)NC[C@]2(O)CC[C@H](COCc3ccccc3)CC2)cc1.